The second-order valence-electron chi connectivity index (χ2n) is 3.33. The third kappa shape index (κ3) is 3.02. The van der Waals surface area contributed by atoms with Crippen LogP contribution in [-0.2, 0) is 0 Å². The van der Waals surface area contributed by atoms with Crippen LogP contribution < -0.4 is 5.73 Å². The quantitative estimate of drug-likeness (QED) is 0.816. The highest BCUT2D eigenvalue weighted by Crippen LogP contribution is 2.19. The first-order valence-corrected chi connectivity index (χ1v) is 4.35. The Kier molecular flexibility index (Phi) is 5.22. The zero-order chi connectivity index (χ0) is 9.84. The molecule has 0 fully saturated rings. The summed E-state index contributed by atoms with van der Waals surface area (Å²) >= 11 is 0. The van der Waals surface area contributed by atoms with Crippen LogP contribution in [0.2, 0.25) is 0 Å². The van der Waals surface area contributed by atoms with E-state index in [1.807, 2.05) is 19.9 Å². The van der Waals surface area contributed by atoms with Crippen LogP contribution in [0.1, 0.15) is 29.2 Å². The maximum atomic E-state index is 8.53. The van der Waals surface area contributed by atoms with Crippen LogP contribution in [0, 0.1) is 25.2 Å². The molecule has 1 atom stereocenters. The summed E-state index contributed by atoms with van der Waals surface area (Å²) < 4.78 is 0. The molecule has 0 aromatic heterocycles. The fourth-order valence-electron chi connectivity index (χ4n) is 1.37. The van der Waals surface area contributed by atoms with E-state index >= 15 is 0 Å². The number of aryl methyl sites for hydroxylation is 2. The van der Waals surface area contributed by atoms with E-state index in [1.165, 1.54) is 5.56 Å². The Hall–Kier alpha value is -1.04. The fourth-order valence-corrected chi connectivity index (χ4v) is 1.37. The lowest BCUT2D eigenvalue weighted by atomic mass is 9.98. The van der Waals surface area contributed by atoms with Crippen LogP contribution in [0.4, 0.5) is 0 Å². The van der Waals surface area contributed by atoms with Crippen molar-refractivity contribution in [1.82, 2.24) is 0 Å². The molecule has 0 aliphatic carbocycles. The third-order valence-electron chi connectivity index (χ3n) is 2.15. The molecule has 1 aromatic rings. The molecule has 0 spiro atoms. The second kappa shape index (κ2) is 5.64. The van der Waals surface area contributed by atoms with E-state index in [9.17, 15) is 0 Å². The van der Waals surface area contributed by atoms with Gasteiger partial charge in [-0.15, -0.1) is 12.4 Å². The van der Waals surface area contributed by atoms with Gasteiger partial charge in [-0.1, -0.05) is 23.8 Å². The van der Waals surface area contributed by atoms with Crippen LogP contribution >= 0.6 is 12.4 Å². The molecule has 0 aliphatic heterocycles. The number of nitrogens with two attached hydrogens (primary N) is 1. The summed E-state index contributed by atoms with van der Waals surface area (Å²) in [4.78, 5) is 0. The Morgan fingerprint density at radius 3 is 2.64 bits per heavy atom. The Labute approximate surface area is 91.1 Å². The second-order valence-corrected chi connectivity index (χ2v) is 3.33. The molecule has 2 nitrogen and oxygen atoms in total. The fraction of sp³-hybridized carbons (Fsp3) is 0.364. The number of hydrogen-bond donors (Lipinski definition) is 1. The molecule has 76 valence electrons. The molecule has 0 aliphatic rings. The average Bonchev–Trinajstić information content (AvgIpc) is 2.09. The van der Waals surface area contributed by atoms with Gasteiger partial charge in [0.05, 0.1) is 12.5 Å². The molecule has 0 saturated heterocycles. The summed E-state index contributed by atoms with van der Waals surface area (Å²) in [6, 6.07) is 8.09. The van der Waals surface area contributed by atoms with Crippen molar-refractivity contribution in [3.63, 3.8) is 0 Å². The minimum atomic E-state index is -0.148. The van der Waals surface area contributed by atoms with Crippen molar-refractivity contribution in [1.29, 1.82) is 5.26 Å². The van der Waals surface area contributed by atoms with Crippen LogP contribution in [-0.4, -0.2) is 0 Å². The zero-order valence-corrected chi connectivity index (χ0v) is 9.27. The van der Waals surface area contributed by atoms with Gasteiger partial charge in [0.15, 0.2) is 0 Å². The molecule has 2 N–H and O–H groups in total. The van der Waals surface area contributed by atoms with Crippen LogP contribution in [0.15, 0.2) is 18.2 Å². The topological polar surface area (TPSA) is 49.8 Å². The first-order valence-electron chi connectivity index (χ1n) is 4.35. The molecule has 1 rings (SSSR count). The van der Waals surface area contributed by atoms with Gasteiger partial charge >= 0.3 is 0 Å². The molecule has 0 heterocycles. The Bertz CT molecular complexity index is 342. The molecule has 14 heavy (non-hydrogen) atoms. The van der Waals surface area contributed by atoms with E-state index in [4.69, 9.17) is 11.0 Å². The molecular weight excluding hydrogens is 196 g/mol. The molecule has 0 unspecified atom stereocenters. The highest BCUT2D eigenvalue weighted by molar-refractivity contribution is 5.85. The molecule has 0 saturated carbocycles. The summed E-state index contributed by atoms with van der Waals surface area (Å²) in [5.74, 6) is 0. The van der Waals surface area contributed by atoms with Crippen LogP contribution in [0.25, 0.3) is 0 Å². The van der Waals surface area contributed by atoms with Gasteiger partial charge in [-0.25, -0.2) is 0 Å². The van der Waals surface area contributed by atoms with Crippen molar-refractivity contribution in [2.75, 3.05) is 0 Å². The number of rotatable bonds is 2. The first-order chi connectivity index (χ1) is 6.15. The van der Waals surface area contributed by atoms with E-state index in [-0.39, 0.29) is 18.4 Å². The number of nitriles is 1. The van der Waals surface area contributed by atoms with Crippen molar-refractivity contribution >= 4 is 12.4 Å². The Morgan fingerprint density at radius 2 is 2.07 bits per heavy atom. The Balaban J connectivity index is 0.00000169. The highest BCUT2D eigenvalue weighted by atomic mass is 35.5. The van der Waals surface area contributed by atoms with Gasteiger partial charge in [-0.3, -0.25) is 0 Å². The van der Waals surface area contributed by atoms with Gasteiger partial charge in [0.25, 0.3) is 0 Å². The summed E-state index contributed by atoms with van der Waals surface area (Å²) in [5.41, 5.74) is 9.29. The lowest BCUT2D eigenvalue weighted by Crippen LogP contribution is -2.10. The van der Waals surface area contributed by atoms with E-state index in [1.54, 1.807) is 0 Å². The van der Waals surface area contributed by atoms with Gasteiger partial charge in [0.2, 0.25) is 0 Å². The number of nitrogens with zero attached hydrogens (tertiary/aromatic N) is 1. The molecular formula is C11H15ClN2. The van der Waals surface area contributed by atoms with Gasteiger partial charge < -0.3 is 5.73 Å². The van der Waals surface area contributed by atoms with Crippen molar-refractivity contribution in [2.45, 2.75) is 26.3 Å². The van der Waals surface area contributed by atoms with Gasteiger partial charge in [-0.2, -0.15) is 5.26 Å². The molecule has 0 radical (unpaired) electrons. The lowest BCUT2D eigenvalue weighted by Gasteiger charge is -2.11. The Morgan fingerprint density at radius 1 is 1.43 bits per heavy atom. The number of benzene rings is 1. The molecule has 0 amide bonds. The highest BCUT2D eigenvalue weighted by Gasteiger charge is 2.07. The van der Waals surface area contributed by atoms with Crippen molar-refractivity contribution in [3.05, 3.63) is 34.9 Å². The SMILES string of the molecule is Cc1ccc(C)c([C@H](N)CC#N)c1.Cl. The van der Waals surface area contributed by atoms with E-state index < -0.39 is 0 Å². The monoisotopic (exact) mass is 210 g/mol. The molecule has 3 heteroatoms. The van der Waals surface area contributed by atoms with Crippen molar-refractivity contribution < 1.29 is 0 Å². The largest absolute Gasteiger partial charge is 0.323 e. The summed E-state index contributed by atoms with van der Waals surface area (Å²) in [6.45, 7) is 4.05. The van der Waals surface area contributed by atoms with Crippen molar-refractivity contribution in [2.24, 2.45) is 5.73 Å². The summed E-state index contributed by atoms with van der Waals surface area (Å²) in [7, 11) is 0. The number of halogens is 1. The minimum Gasteiger partial charge on any atom is -0.323 e. The first kappa shape index (κ1) is 13.0. The summed E-state index contributed by atoms with van der Waals surface area (Å²) in [6.07, 6.45) is 0.379. The predicted molar refractivity (Wildman–Crippen MR) is 60.3 cm³/mol. The lowest BCUT2D eigenvalue weighted by molar-refractivity contribution is 0.741. The number of hydrogen-bond acceptors (Lipinski definition) is 2. The van der Waals surface area contributed by atoms with E-state index in [0.717, 1.165) is 11.1 Å². The molecule has 0 bridgehead atoms. The van der Waals surface area contributed by atoms with Gasteiger partial charge in [0, 0.05) is 6.04 Å². The maximum absolute atomic E-state index is 8.53. The third-order valence-corrected chi connectivity index (χ3v) is 2.15. The van der Waals surface area contributed by atoms with E-state index in [2.05, 4.69) is 18.2 Å². The summed E-state index contributed by atoms with van der Waals surface area (Å²) in [5, 5.41) is 8.53. The van der Waals surface area contributed by atoms with Gasteiger partial charge in [0.1, 0.15) is 0 Å². The predicted octanol–water partition coefficient (Wildman–Crippen LogP) is 2.64. The average molecular weight is 211 g/mol. The standard InChI is InChI=1S/C11H14N2.ClH/c1-8-3-4-9(2)10(7-8)11(13)5-6-12;/h3-4,7,11H,5,13H2,1-2H3;1H/t11-;/m1./s1. The minimum absolute atomic E-state index is 0. The molecule has 1 aromatic carbocycles. The van der Waals surface area contributed by atoms with E-state index in [0.29, 0.717) is 6.42 Å². The van der Waals surface area contributed by atoms with Crippen LogP contribution in [0.5, 0.6) is 0 Å². The van der Waals surface area contributed by atoms with Crippen LogP contribution in [0.3, 0.4) is 0 Å². The maximum Gasteiger partial charge on any atom is 0.0641 e. The normalized spacial score (nSPS) is 11.3. The van der Waals surface area contributed by atoms with Crippen molar-refractivity contribution in [3.8, 4) is 6.07 Å². The van der Waals surface area contributed by atoms with Gasteiger partial charge in [-0.05, 0) is 25.0 Å². The zero-order valence-electron chi connectivity index (χ0n) is 8.45. The smallest absolute Gasteiger partial charge is 0.0641 e.